The molecule has 1 saturated carbocycles. The molecular formula is C13H26N2S. The average molecular weight is 242 g/mol. The molecule has 1 aliphatic heterocycles. The van der Waals surface area contributed by atoms with Crippen molar-refractivity contribution in [2.24, 2.45) is 0 Å². The number of nitrogens with zero attached hydrogens (tertiary/aromatic N) is 1. The van der Waals surface area contributed by atoms with Crippen LogP contribution in [0.5, 0.6) is 0 Å². The molecule has 1 N–H and O–H groups in total. The largest absolute Gasteiger partial charge is 0.312 e. The molecule has 0 aromatic rings. The molecule has 0 radical (unpaired) electrons. The smallest absolute Gasteiger partial charge is 0.0192 e. The van der Waals surface area contributed by atoms with Crippen molar-refractivity contribution in [3.63, 3.8) is 0 Å². The van der Waals surface area contributed by atoms with Gasteiger partial charge in [-0.15, -0.1) is 0 Å². The van der Waals surface area contributed by atoms with Crippen molar-refractivity contribution in [2.45, 2.75) is 51.1 Å². The Balaban J connectivity index is 1.66. The molecule has 2 aliphatic rings. The van der Waals surface area contributed by atoms with Gasteiger partial charge < -0.3 is 5.32 Å². The Morgan fingerprint density at radius 2 is 2.00 bits per heavy atom. The van der Waals surface area contributed by atoms with Crippen molar-refractivity contribution in [2.75, 3.05) is 31.1 Å². The highest BCUT2D eigenvalue weighted by Crippen LogP contribution is 2.18. The van der Waals surface area contributed by atoms with Crippen LogP contribution in [0.4, 0.5) is 0 Å². The van der Waals surface area contributed by atoms with Crippen LogP contribution in [0, 0.1) is 0 Å². The van der Waals surface area contributed by atoms with E-state index in [0.29, 0.717) is 0 Å². The standard InChI is InChI=1S/C13H26N2S/c1-12(11-14-13-5-2-3-6-13)15-7-4-9-16-10-8-15/h12-14H,2-11H2,1H3. The molecule has 0 bridgehead atoms. The van der Waals surface area contributed by atoms with E-state index < -0.39 is 0 Å². The van der Waals surface area contributed by atoms with Crippen LogP contribution in [0.2, 0.25) is 0 Å². The summed E-state index contributed by atoms with van der Waals surface area (Å²) in [5.74, 6) is 2.69. The van der Waals surface area contributed by atoms with E-state index in [1.807, 2.05) is 0 Å². The van der Waals surface area contributed by atoms with E-state index in [-0.39, 0.29) is 0 Å². The lowest BCUT2D eigenvalue weighted by Crippen LogP contribution is -2.43. The summed E-state index contributed by atoms with van der Waals surface area (Å²) in [4.78, 5) is 2.67. The van der Waals surface area contributed by atoms with Gasteiger partial charge in [0.2, 0.25) is 0 Å². The van der Waals surface area contributed by atoms with Crippen LogP contribution in [0.3, 0.4) is 0 Å². The van der Waals surface area contributed by atoms with Crippen molar-refractivity contribution >= 4 is 11.8 Å². The summed E-state index contributed by atoms with van der Waals surface area (Å²) in [6.07, 6.45) is 7.06. The third-order valence-electron chi connectivity index (χ3n) is 3.94. The molecule has 0 aromatic heterocycles. The van der Waals surface area contributed by atoms with Gasteiger partial charge in [-0.05, 0) is 38.5 Å². The molecule has 16 heavy (non-hydrogen) atoms. The van der Waals surface area contributed by atoms with Crippen LogP contribution in [0.25, 0.3) is 0 Å². The molecule has 2 fully saturated rings. The van der Waals surface area contributed by atoms with Gasteiger partial charge in [-0.3, -0.25) is 4.90 Å². The van der Waals surface area contributed by atoms with Crippen molar-refractivity contribution < 1.29 is 0 Å². The quantitative estimate of drug-likeness (QED) is 0.815. The first-order valence-electron chi connectivity index (χ1n) is 6.91. The van der Waals surface area contributed by atoms with E-state index >= 15 is 0 Å². The molecule has 1 aliphatic carbocycles. The van der Waals surface area contributed by atoms with Gasteiger partial charge in [0.1, 0.15) is 0 Å². The Morgan fingerprint density at radius 1 is 1.19 bits per heavy atom. The Kier molecular flexibility index (Phi) is 5.46. The molecule has 0 spiro atoms. The third kappa shape index (κ3) is 3.94. The van der Waals surface area contributed by atoms with E-state index in [2.05, 4.69) is 28.9 Å². The van der Waals surface area contributed by atoms with Gasteiger partial charge in [-0.25, -0.2) is 0 Å². The Bertz CT molecular complexity index is 184. The fraction of sp³-hybridized carbons (Fsp3) is 1.00. The zero-order chi connectivity index (χ0) is 11.2. The zero-order valence-electron chi connectivity index (χ0n) is 10.6. The summed E-state index contributed by atoms with van der Waals surface area (Å²) in [5, 5.41) is 3.75. The number of nitrogens with one attached hydrogen (secondary N) is 1. The second-order valence-electron chi connectivity index (χ2n) is 5.24. The third-order valence-corrected chi connectivity index (χ3v) is 4.99. The maximum atomic E-state index is 3.75. The van der Waals surface area contributed by atoms with Crippen LogP contribution in [0.15, 0.2) is 0 Å². The molecule has 1 unspecified atom stereocenters. The molecule has 2 rings (SSSR count). The minimum Gasteiger partial charge on any atom is -0.312 e. The van der Waals surface area contributed by atoms with Gasteiger partial charge in [0.05, 0.1) is 0 Å². The maximum Gasteiger partial charge on any atom is 0.0192 e. The van der Waals surface area contributed by atoms with Gasteiger partial charge in [0, 0.05) is 30.9 Å². The van der Waals surface area contributed by atoms with Crippen molar-refractivity contribution in [1.82, 2.24) is 10.2 Å². The minimum atomic E-state index is 0.722. The van der Waals surface area contributed by atoms with Gasteiger partial charge in [-0.2, -0.15) is 11.8 Å². The van der Waals surface area contributed by atoms with E-state index in [4.69, 9.17) is 0 Å². The summed E-state index contributed by atoms with van der Waals surface area (Å²) in [7, 11) is 0. The van der Waals surface area contributed by atoms with E-state index in [1.165, 1.54) is 63.2 Å². The number of hydrogen-bond donors (Lipinski definition) is 1. The van der Waals surface area contributed by atoms with E-state index in [1.54, 1.807) is 0 Å². The summed E-state index contributed by atoms with van der Waals surface area (Å²) >= 11 is 2.12. The normalized spacial score (nSPS) is 26.8. The second-order valence-corrected chi connectivity index (χ2v) is 6.47. The van der Waals surface area contributed by atoms with E-state index in [9.17, 15) is 0 Å². The Hall–Kier alpha value is 0.270. The van der Waals surface area contributed by atoms with Gasteiger partial charge in [-0.1, -0.05) is 12.8 Å². The summed E-state index contributed by atoms with van der Waals surface area (Å²) in [5.41, 5.74) is 0. The Morgan fingerprint density at radius 3 is 2.81 bits per heavy atom. The minimum absolute atomic E-state index is 0.722. The fourth-order valence-corrected chi connectivity index (χ4v) is 3.70. The molecule has 0 amide bonds. The molecule has 2 nitrogen and oxygen atoms in total. The van der Waals surface area contributed by atoms with Crippen LogP contribution in [-0.4, -0.2) is 48.1 Å². The van der Waals surface area contributed by atoms with Crippen LogP contribution in [-0.2, 0) is 0 Å². The van der Waals surface area contributed by atoms with Gasteiger partial charge in [0.25, 0.3) is 0 Å². The highest BCUT2D eigenvalue weighted by molar-refractivity contribution is 7.99. The molecular weight excluding hydrogens is 216 g/mol. The van der Waals surface area contributed by atoms with Gasteiger partial charge in [0.15, 0.2) is 0 Å². The Labute approximate surface area is 105 Å². The highest BCUT2D eigenvalue weighted by Gasteiger charge is 2.18. The molecule has 3 heteroatoms. The zero-order valence-corrected chi connectivity index (χ0v) is 11.4. The van der Waals surface area contributed by atoms with Crippen molar-refractivity contribution in [1.29, 1.82) is 0 Å². The molecule has 1 saturated heterocycles. The molecule has 1 atom stereocenters. The SMILES string of the molecule is CC(CNC1CCCC1)N1CCCSCC1. The first kappa shape index (κ1) is 12.7. The lowest BCUT2D eigenvalue weighted by atomic mass is 10.2. The predicted octanol–water partition coefficient (Wildman–Crippen LogP) is 2.35. The maximum absolute atomic E-state index is 3.75. The fourth-order valence-electron chi connectivity index (χ4n) is 2.80. The molecule has 1 heterocycles. The monoisotopic (exact) mass is 242 g/mol. The van der Waals surface area contributed by atoms with Crippen molar-refractivity contribution in [3.05, 3.63) is 0 Å². The summed E-state index contributed by atoms with van der Waals surface area (Å²) in [6.45, 7) is 6.17. The second kappa shape index (κ2) is 6.87. The van der Waals surface area contributed by atoms with E-state index in [0.717, 1.165) is 12.1 Å². The summed E-state index contributed by atoms with van der Waals surface area (Å²) < 4.78 is 0. The molecule has 0 aromatic carbocycles. The lowest BCUT2D eigenvalue weighted by molar-refractivity contribution is 0.215. The molecule has 94 valence electrons. The lowest BCUT2D eigenvalue weighted by Gasteiger charge is -2.28. The van der Waals surface area contributed by atoms with Crippen molar-refractivity contribution in [3.8, 4) is 0 Å². The van der Waals surface area contributed by atoms with Crippen LogP contribution in [0.1, 0.15) is 39.0 Å². The van der Waals surface area contributed by atoms with Crippen LogP contribution < -0.4 is 5.32 Å². The first-order valence-corrected chi connectivity index (χ1v) is 8.07. The van der Waals surface area contributed by atoms with Crippen LogP contribution >= 0.6 is 11.8 Å². The van der Waals surface area contributed by atoms with Gasteiger partial charge >= 0.3 is 0 Å². The summed E-state index contributed by atoms with van der Waals surface area (Å²) in [6, 6.07) is 1.54. The number of hydrogen-bond acceptors (Lipinski definition) is 3. The first-order chi connectivity index (χ1) is 7.86. The number of rotatable bonds is 4. The number of thioether (sulfide) groups is 1. The predicted molar refractivity (Wildman–Crippen MR) is 73.2 cm³/mol. The topological polar surface area (TPSA) is 15.3 Å². The highest BCUT2D eigenvalue weighted by atomic mass is 32.2. The average Bonchev–Trinajstić information content (AvgIpc) is 2.66.